The molecule has 8 heavy (non-hydrogen) atoms. The van der Waals surface area contributed by atoms with Crippen LogP contribution in [0, 0.1) is 6.92 Å². The zero-order valence-electron chi connectivity index (χ0n) is 5.47. The fourth-order valence-electron chi connectivity index (χ4n) is 0.597. The highest BCUT2D eigenvalue weighted by Crippen LogP contribution is 1.67. The van der Waals surface area contributed by atoms with Crippen LogP contribution in [0.5, 0.6) is 0 Å². The lowest BCUT2D eigenvalue weighted by Crippen LogP contribution is -2.40. The maximum Gasteiger partial charge on any atom is 0.353 e. The SMILES string of the molecule is Cc1[n+](C)c[nH][n+]1C. The van der Waals surface area contributed by atoms with Gasteiger partial charge in [0, 0.05) is 0 Å². The van der Waals surface area contributed by atoms with Crippen molar-refractivity contribution in [1.29, 1.82) is 0 Å². The summed E-state index contributed by atoms with van der Waals surface area (Å²) in [7, 11) is 3.99. The van der Waals surface area contributed by atoms with Crippen molar-refractivity contribution >= 4 is 0 Å². The Morgan fingerprint density at radius 3 is 2.25 bits per heavy atom. The largest absolute Gasteiger partial charge is 0.353 e. The molecule has 0 saturated carbocycles. The number of H-pyrrole nitrogens is 1. The second-order valence-electron chi connectivity index (χ2n) is 1.98. The summed E-state index contributed by atoms with van der Waals surface area (Å²) in [5.74, 6) is 1.21. The maximum absolute atomic E-state index is 3.02. The number of nitrogens with one attached hydrogen (secondary N) is 1. The Kier molecular flexibility index (Phi) is 1.04. The zero-order valence-corrected chi connectivity index (χ0v) is 5.47. The van der Waals surface area contributed by atoms with E-state index in [0.29, 0.717) is 0 Å². The van der Waals surface area contributed by atoms with Crippen molar-refractivity contribution in [2.24, 2.45) is 14.1 Å². The Morgan fingerprint density at radius 1 is 1.50 bits per heavy atom. The van der Waals surface area contributed by atoms with Gasteiger partial charge >= 0.3 is 12.2 Å². The number of hydrogen-bond donors (Lipinski definition) is 1. The number of rotatable bonds is 0. The molecule has 0 aromatic carbocycles. The molecule has 0 aliphatic rings. The Morgan fingerprint density at radius 2 is 2.12 bits per heavy atom. The fraction of sp³-hybridized carbons (Fsp3) is 0.600. The lowest BCUT2D eigenvalue weighted by atomic mass is 10.7. The fourth-order valence-corrected chi connectivity index (χ4v) is 0.597. The van der Waals surface area contributed by atoms with Crippen molar-refractivity contribution in [3.63, 3.8) is 0 Å². The van der Waals surface area contributed by atoms with Crippen molar-refractivity contribution in [3.8, 4) is 0 Å². The summed E-state index contributed by atoms with van der Waals surface area (Å²) in [4.78, 5) is 0. The molecule has 1 N–H and O–H groups in total. The van der Waals surface area contributed by atoms with E-state index in [-0.39, 0.29) is 0 Å². The Balaban J connectivity index is 3.19. The molecule has 1 aromatic rings. The van der Waals surface area contributed by atoms with E-state index in [1.165, 1.54) is 5.82 Å². The quantitative estimate of drug-likeness (QED) is 0.416. The lowest BCUT2D eigenvalue weighted by Gasteiger charge is -1.74. The number of aryl methyl sites for hydroxylation is 2. The average molecular weight is 113 g/mol. The molecule has 0 radical (unpaired) electrons. The minimum atomic E-state index is 1.21. The Bertz CT molecular complexity index is 170. The molecule has 3 heteroatoms. The second-order valence-corrected chi connectivity index (χ2v) is 1.98. The van der Waals surface area contributed by atoms with Crippen LogP contribution in [0.2, 0.25) is 0 Å². The predicted molar refractivity (Wildman–Crippen MR) is 27.9 cm³/mol. The summed E-state index contributed by atoms with van der Waals surface area (Å²) >= 11 is 0. The normalized spacial score (nSPS) is 9.88. The van der Waals surface area contributed by atoms with Gasteiger partial charge in [-0.3, -0.25) is 0 Å². The van der Waals surface area contributed by atoms with Gasteiger partial charge in [0.1, 0.15) is 14.1 Å². The second kappa shape index (κ2) is 1.58. The van der Waals surface area contributed by atoms with E-state index < -0.39 is 0 Å². The van der Waals surface area contributed by atoms with Crippen LogP contribution in [-0.4, -0.2) is 5.10 Å². The van der Waals surface area contributed by atoms with Crippen LogP contribution in [0.25, 0.3) is 0 Å². The zero-order chi connectivity index (χ0) is 6.15. The number of aromatic amines is 1. The van der Waals surface area contributed by atoms with E-state index in [1.54, 1.807) is 0 Å². The number of hydrogen-bond acceptors (Lipinski definition) is 0. The van der Waals surface area contributed by atoms with Crippen LogP contribution < -0.4 is 9.25 Å². The highest BCUT2D eigenvalue weighted by molar-refractivity contribution is 4.45. The van der Waals surface area contributed by atoms with E-state index in [2.05, 4.69) is 12.0 Å². The highest BCUT2D eigenvalue weighted by atomic mass is 15.3. The first-order chi connectivity index (χ1) is 3.72. The standard InChI is InChI=1S/C5H10N3/c1-5-7(2)4-6-8(5)3/h4H,1-3H3/q+1/p+1. The van der Waals surface area contributed by atoms with Gasteiger partial charge < -0.3 is 0 Å². The van der Waals surface area contributed by atoms with Crippen LogP contribution in [0.1, 0.15) is 5.82 Å². The molecule has 0 bridgehead atoms. The topological polar surface area (TPSA) is 23.5 Å². The number of nitrogens with zero attached hydrogens (tertiary/aromatic N) is 2. The molecule has 0 unspecified atom stereocenters. The summed E-state index contributed by atoms with van der Waals surface area (Å²) in [5, 5.41) is 3.02. The van der Waals surface area contributed by atoms with Crippen molar-refractivity contribution in [3.05, 3.63) is 12.2 Å². The first kappa shape index (κ1) is 5.28. The van der Waals surface area contributed by atoms with E-state index in [1.807, 2.05) is 29.7 Å². The average Bonchev–Trinajstić information content (AvgIpc) is 1.98. The monoisotopic (exact) mass is 113 g/mol. The van der Waals surface area contributed by atoms with Crippen LogP contribution in [0.3, 0.4) is 0 Å². The lowest BCUT2D eigenvalue weighted by molar-refractivity contribution is -0.803. The van der Waals surface area contributed by atoms with Crippen LogP contribution in [-0.2, 0) is 14.1 Å². The minimum absolute atomic E-state index is 1.21. The maximum atomic E-state index is 3.02. The molecule has 0 fully saturated rings. The molecule has 44 valence electrons. The van der Waals surface area contributed by atoms with Gasteiger partial charge in [-0.2, -0.15) is 4.57 Å². The van der Waals surface area contributed by atoms with Crippen molar-refractivity contribution in [2.45, 2.75) is 6.92 Å². The smallest absolute Gasteiger partial charge is 0.161 e. The van der Waals surface area contributed by atoms with E-state index >= 15 is 0 Å². The first-order valence-corrected chi connectivity index (χ1v) is 2.61. The van der Waals surface area contributed by atoms with Crippen molar-refractivity contribution in [2.75, 3.05) is 0 Å². The molecular formula is C5H11N3+2. The third kappa shape index (κ3) is 0.598. The van der Waals surface area contributed by atoms with Crippen molar-refractivity contribution in [1.82, 2.24) is 5.10 Å². The summed E-state index contributed by atoms with van der Waals surface area (Å²) in [6.45, 7) is 2.05. The predicted octanol–water partition coefficient (Wildman–Crippen LogP) is -1.03. The van der Waals surface area contributed by atoms with Gasteiger partial charge in [-0.1, -0.05) is 0 Å². The van der Waals surface area contributed by atoms with Gasteiger partial charge in [0.2, 0.25) is 0 Å². The van der Waals surface area contributed by atoms with Gasteiger partial charge in [0.05, 0.1) is 6.92 Å². The molecule has 1 rings (SSSR count). The summed E-state index contributed by atoms with van der Waals surface area (Å²) in [6, 6.07) is 0. The third-order valence-electron chi connectivity index (χ3n) is 1.44. The van der Waals surface area contributed by atoms with Gasteiger partial charge in [-0.25, -0.2) is 0 Å². The molecular weight excluding hydrogens is 102 g/mol. The Labute approximate surface area is 48.6 Å². The molecule has 1 heterocycles. The summed E-state index contributed by atoms with van der Waals surface area (Å²) in [6.07, 6.45) is 1.91. The van der Waals surface area contributed by atoms with Gasteiger partial charge in [0.25, 0.3) is 0 Å². The van der Waals surface area contributed by atoms with Crippen molar-refractivity contribution < 1.29 is 9.25 Å². The van der Waals surface area contributed by atoms with Crippen LogP contribution in [0.15, 0.2) is 6.33 Å². The molecule has 0 atom stereocenters. The Hall–Kier alpha value is -0.860. The minimum Gasteiger partial charge on any atom is -0.161 e. The van der Waals surface area contributed by atoms with Crippen LogP contribution in [0.4, 0.5) is 0 Å². The molecule has 0 saturated heterocycles. The van der Waals surface area contributed by atoms with Gasteiger partial charge in [-0.05, 0) is 9.78 Å². The number of aromatic nitrogens is 3. The first-order valence-electron chi connectivity index (χ1n) is 2.61. The molecule has 0 amide bonds. The molecule has 3 nitrogen and oxygen atoms in total. The van der Waals surface area contributed by atoms with E-state index in [4.69, 9.17) is 0 Å². The summed E-state index contributed by atoms with van der Waals surface area (Å²) in [5.41, 5.74) is 0. The van der Waals surface area contributed by atoms with E-state index in [9.17, 15) is 0 Å². The molecule has 0 aliphatic heterocycles. The van der Waals surface area contributed by atoms with Gasteiger partial charge in [0.15, 0.2) is 0 Å². The molecule has 0 aliphatic carbocycles. The van der Waals surface area contributed by atoms with E-state index in [0.717, 1.165) is 0 Å². The third-order valence-corrected chi connectivity index (χ3v) is 1.44. The molecule has 0 spiro atoms. The highest BCUT2D eigenvalue weighted by Gasteiger charge is 2.09. The van der Waals surface area contributed by atoms with Crippen LogP contribution >= 0.6 is 0 Å². The molecule has 1 aromatic heterocycles. The summed E-state index contributed by atoms with van der Waals surface area (Å²) < 4.78 is 3.99. The van der Waals surface area contributed by atoms with Gasteiger partial charge in [-0.15, -0.1) is 0 Å².